The summed E-state index contributed by atoms with van der Waals surface area (Å²) in [7, 11) is 1.76. The summed E-state index contributed by atoms with van der Waals surface area (Å²) in [6, 6.07) is 14.7. The largest absolute Gasteiger partial charge is 0.315 e. The van der Waals surface area contributed by atoms with Gasteiger partial charge in [0.2, 0.25) is 5.91 Å². The molecule has 3 aromatic rings. The van der Waals surface area contributed by atoms with E-state index in [-0.39, 0.29) is 11.7 Å². The first-order valence-corrected chi connectivity index (χ1v) is 10.4. The Kier molecular flexibility index (Phi) is 6.37. The monoisotopic (exact) mass is 441 g/mol. The number of benzene rings is 2. The van der Waals surface area contributed by atoms with Crippen molar-refractivity contribution in [2.75, 3.05) is 17.7 Å². The lowest BCUT2D eigenvalue weighted by Crippen LogP contribution is -2.27. The van der Waals surface area contributed by atoms with Crippen LogP contribution in [-0.2, 0) is 4.79 Å². The fraction of sp³-hybridized carbons (Fsp3) is 0.118. The van der Waals surface area contributed by atoms with Crippen molar-refractivity contribution in [2.45, 2.75) is 4.34 Å². The highest BCUT2D eigenvalue weighted by Crippen LogP contribution is 2.28. The molecule has 0 fully saturated rings. The maximum atomic E-state index is 12.4. The summed E-state index contributed by atoms with van der Waals surface area (Å²) in [6.45, 7) is 0. The second kappa shape index (κ2) is 8.54. The van der Waals surface area contributed by atoms with Crippen molar-refractivity contribution >= 4 is 70.1 Å². The number of amides is 1. The van der Waals surface area contributed by atoms with E-state index in [9.17, 15) is 4.79 Å². The normalized spacial score (nSPS) is 10.7. The van der Waals surface area contributed by atoms with Gasteiger partial charge in [-0.15, -0.1) is 5.10 Å². The van der Waals surface area contributed by atoms with Gasteiger partial charge in [0.25, 0.3) is 0 Å². The number of rotatable bonds is 5. The Hall–Kier alpha value is -1.38. The molecule has 0 N–H and O–H groups in total. The van der Waals surface area contributed by atoms with Gasteiger partial charge >= 0.3 is 0 Å². The van der Waals surface area contributed by atoms with E-state index >= 15 is 0 Å². The molecule has 26 heavy (non-hydrogen) atoms. The zero-order chi connectivity index (χ0) is 18.7. The molecule has 0 saturated carbocycles. The third-order valence-electron chi connectivity index (χ3n) is 3.51. The lowest BCUT2D eigenvalue weighted by molar-refractivity contribution is -0.115. The summed E-state index contributed by atoms with van der Waals surface area (Å²) in [5.41, 5.74) is 1.59. The van der Waals surface area contributed by atoms with Crippen LogP contribution in [0.25, 0.3) is 5.69 Å². The molecule has 3 rings (SSSR count). The molecular formula is C17H13Cl2N3OS3. The zero-order valence-electron chi connectivity index (χ0n) is 13.6. The molecule has 1 amide bonds. The highest BCUT2D eigenvalue weighted by Gasteiger charge is 2.14. The van der Waals surface area contributed by atoms with Crippen LogP contribution in [0.2, 0.25) is 10.0 Å². The zero-order valence-corrected chi connectivity index (χ0v) is 17.5. The van der Waals surface area contributed by atoms with Gasteiger partial charge in [-0.1, -0.05) is 64.5 Å². The maximum Gasteiger partial charge on any atom is 0.237 e. The molecule has 0 aliphatic heterocycles. The van der Waals surface area contributed by atoms with Crippen molar-refractivity contribution in [1.82, 2.24) is 9.78 Å². The molecule has 0 aliphatic carbocycles. The topological polar surface area (TPSA) is 38.1 Å². The number of nitrogens with zero attached hydrogens (tertiary/aromatic N) is 3. The van der Waals surface area contributed by atoms with E-state index < -0.39 is 0 Å². The van der Waals surface area contributed by atoms with E-state index in [4.69, 9.17) is 35.4 Å². The molecule has 0 atom stereocenters. The van der Waals surface area contributed by atoms with E-state index in [1.54, 1.807) is 34.8 Å². The second-order valence-electron chi connectivity index (χ2n) is 5.22. The Morgan fingerprint density at radius 3 is 2.65 bits per heavy atom. The van der Waals surface area contributed by atoms with Crippen LogP contribution in [-0.4, -0.2) is 28.5 Å². The first kappa shape index (κ1) is 19.4. The third-order valence-corrected chi connectivity index (χ3v) is 6.60. The third kappa shape index (κ3) is 4.47. The maximum absolute atomic E-state index is 12.4. The molecule has 134 valence electrons. The van der Waals surface area contributed by atoms with Crippen LogP contribution in [0.1, 0.15) is 0 Å². The van der Waals surface area contributed by atoms with Gasteiger partial charge in [0.15, 0.2) is 8.29 Å². The Labute approximate surface area is 174 Å². The van der Waals surface area contributed by atoms with Crippen LogP contribution in [0.5, 0.6) is 0 Å². The first-order valence-electron chi connectivity index (χ1n) is 7.45. The van der Waals surface area contributed by atoms with Crippen molar-refractivity contribution in [2.24, 2.45) is 0 Å². The molecule has 0 saturated heterocycles. The number of anilines is 1. The summed E-state index contributed by atoms with van der Waals surface area (Å²) < 4.78 is 2.92. The average Bonchev–Trinajstić information content (AvgIpc) is 3.03. The van der Waals surface area contributed by atoms with Gasteiger partial charge in [-0.3, -0.25) is 4.79 Å². The van der Waals surface area contributed by atoms with Gasteiger partial charge in [-0.25, -0.2) is 4.68 Å². The molecule has 0 aliphatic rings. The number of halogens is 2. The van der Waals surface area contributed by atoms with E-state index in [2.05, 4.69) is 5.10 Å². The van der Waals surface area contributed by atoms with E-state index in [1.165, 1.54) is 23.1 Å². The highest BCUT2D eigenvalue weighted by molar-refractivity contribution is 8.01. The van der Waals surface area contributed by atoms with Gasteiger partial charge < -0.3 is 4.90 Å². The number of carbonyl (C=O) groups excluding carboxylic acids is 1. The molecule has 0 spiro atoms. The SMILES string of the molecule is CN(C(=O)CSc1nn(-c2ccc(Cl)c(Cl)c2)c(=S)s1)c1ccccc1. The summed E-state index contributed by atoms with van der Waals surface area (Å²) in [5.74, 6) is 0.262. The van der Waals surface area contributed by atoms with Crippen LogP contribution in [0.15, 0.2) is 52.9 Å². The van der Waals surface area contributed by atoms with Crippen molar-refractivity contribution in [3.8, 4) is 5.69 Å². The number of para-hydroxylation sites is 1. The summed E-state index contributed by atoms with van der Waals surface area (Å²) in [4.78, 5) is 14.0. The Morgan fingerprint density at radius 1 is 1.23 bits per heavy atom. The average molecular weight is 442 g/mol. The standard InChI is InChI=1S/C17H13Cl2N3OS3/c1-21(11-5-3-2-4-6-11)15(23)10-25-16-20-22(17(24)26-16)12-7-8-13(18)14(19)9-12/h2-9H,10H2,1H3. The van der Waals surface area contributed by atoms with Gasteiger partial charge in [0.1, 0.15) is 0 Å². The number of hydrogen-bond donors (Lipinski definition) is 0. The fourth-order valence-electron chi connectivity index (χ4n) is 2.11. The van der Waals surface area contributed by atoms with Crippen LogP contribution < -0.4 is 4.90 Å². The van der Waals surface area contributed by atoms with Gasteiger partial charge in [-0.2, -0.15) is 0 Å². The second-order valence-corrected chi connectivity index (χ2v) is 8.88. The minimum absolute atomic E-state index is 0.0107. The first-order chi connectivity index (χ1) is 12.5. The Bertz CT molecular complexity index is 988. The van der Waals surface area contributed by atoms with Crippen LogP contribution in [0, 0.1) is 3.95 Å². The van der Waals surface area contributed by atoms with E-state index in [0.29, 0.717) is 14.0 Å². The number of hydrogen-bond acceptors (Lipinski definition) is 5. The van der Waals surface area contributed by atoms with Gasteiger partial charge in [0, 0.05) is 12.7 Å². The number of carbonyl (C=O) groups is 1. The number of thioether (sulfide) groups is 1. The number of aromatic nitrogens is 2. The smallest absolute Gasteiger partial charge is 0.237 e. The molecular weight excluding hydrogens is 429 g/mol. The summed E-state index contributed by atoms with van der Waals surface area (Å²) in [6.07, 6.45) is 0. The summed E-state index contributed by atoms with van der Waals surface area (Å²) >= 11 is 20.1. The molecule has 0 unspecified atom stereocenters. The van der Waals surface area contributed by atoms with E-state index in [1.807, 2.05) is 30.3 Å². The van der Waals surface area contributed by atoms with Gasteiger partial charge in [0.05, 0.1) is 21.5 Å². The molecule has 1 heterocycles. The molecule has 4 nitrogen and oxygen atoms in total. The lowest BCUT2D eigenvalue weighted by atomic mass is 10.3. The van der Waals surface area contributed by atoms with E-state index in [0.717, 1.165) is 15.7 Å². The highest BCUT2D eigenvalue weighted by atomic mass is 35.5. The van der Waals surface area contributed by atoms with Crippen LogP contribution in [0.4, 0.5) is 5.69 Å². The Balaban J connectivity index is 1.71. The molecule has 0 bridgehead atoms. The van der Waals surface area contributed by atoms with Crippen molar-refractivity contribution < 1.29 is 4.79 Å². The van der Waals surface area contributed by atoms with Crippen LogP contribution >= 0.6 is 58.5 Å². The quantitative estimate of drug-likeness (QED) is 0.374. The Morgan fingerprint density at radius 2 is 1.96 bits per heavy atom. The van der Waals surface area contributed by atoms with Crippen molar-refractivity contribution in [1.29, 1.82) is 0 Å². The van der Waals surface area contributed by atoms with Crippen molar-refractivity contribution in [3.63, 3.8) is 0 Å². The minimum atomic E-state index is -0.0107. The van der Waals surface area contributed by atoms with Gasteiger partial charge in [-0.05, 0) is 42.5 Å². The summed E-state index contributed by atoms with van der Waals surface area (Å²) in [5, 5.41) is 5.39. The van der Waals surface area contributed by atoms with Crippen LogP contribution in [0.3, 0.4) is 0 Å². The minimum Gasteiger partial charge on any atom is -0.315 e. The molecule has 2 aromatic carbocycles. The predicted octanol–water partition coefficient (Wildman–Crippen LogP) is 5.73. The molecule has 0 radical (unpaired) electrons. The molecule has 1 aromatic heterocycles. The lowest BCUT2D eigenvalue weighted by Gasteiger charge is -2.16. The predicted molar refractivity (Wildman–Crippen MR) is 113 cm³/mol. The van der Waals surface area contributed by atoms with Crippen molar-refractivity contribution in [3.05, 3.63) is 62.5 Å². The fourth-order valence-corrected chi connectivity index (χ4v) is 4.68. The molecule has 9 heteroatoms.